The number of halogens is 2. The first-order valence-electron chi connectivity index (χ1n) is 9.67. The molecular weight excluding hydrogens is 402 g/mol. The highest BCUT2D eigenvalue weighted by atomic mass is 19.3. The van der Waals surface area contributed by atoms with Crippen molar-refractivity contribution in [3.63, 3.8) is 0 Å². The lowest BCUT2D eigenvalue weighted by Crippen LogP contribution is -2.15. The summed E-state index contributed by atoms with van der Waals surface area (Å²) < 4.78 is 30.2. The number of amides is 2. The first-order chi connectivity index (χ1) is 14.9. The molecule has 0 fully saturated rings. The van der Waals surface area contributed by atoms with E-state index in [-0.39, 0.29) is 24.0 Å². The molecule has 0 saturated carbocycles. The second-order valence-electron chi connectivity index (χ2n) is 6.97. The number of carbonyl (C=O) groups is 2. The van der Waals surface area contributed by atoms with E-state index in [1.54, 1.807) is 30.3 Å². The Balaban J connectivity index is 1.70. The fourth-order valence-electron chi connectivity index (χ4n) is 3.12. The summed E-state index contributed by atoms with van der Waals surface area (Å²) in [6.07, 6.45) is 0.515. The number of nitrogens with one attached hydrogen (secondary N) is 2. The molecule has 2 amide bonds. The van der Waals surface area contributed by atoms with Crippen molar-refractivity contribution >= 4 is 23.2 Å². The van der Waals surface area contributed by atoms with Gasteiger partial charge in [0.15, 0.2) is 0 Å². The maximum Gasteiger partial charge on any atom is 0.387 e. The molecule has 7 heteroatoms. The third-order valence-electron chi connectivity index (χ3n) is 4.44. The van der Waals surface area contributed by atoms with Crippen LogP contribution < -0.4 is 15.4 Å². The van der Waals surface area contributed by atoms with Gasteiger partial charge in [0.1, 0.15) is 5.75 Å². The van der Waals surface area contributed by atoms with E-state index in [1.807, 2.05) is 30.3 Å². The Morgan fingerprint density at radius 3 is 2.19 bits per heavy atom. The zero-order valence-electron chi connectivity index (χ0n) is 16.9. The topological polar surface area (TPSA) is 67.4 Å². The number of hydrogen-bond donors (Lipinski definition) is 2. The first kappa shape index (κ1) is 22.0. The molecule has 0 unspecified atom stereocenters. The lowest BCUT2D eigenvalue weighted by Gasteiger charge is -2.14. The van der Waals surface area contributed by atoms with Crippen LogP contribution >= 0.6 is 0 Å². The average Bonchev–Trinajstić information content (AvgIpc) is 2.71. The fraction of sp³-hybridized carbons (Fsp3) is 0.167. The molecule has 0 bridgehead atoms. The molecule has 0 atom stereocenters. The maximum atomic E-state index is 12.8. The minimum atomic E-state index is -2.93. The van der Waals surface area contributed by atoms with E-state index in [9.17, 15) is 18.4 Å². The zero-order valence-corrected chi connectivity index (χ0v) is 16.9. The molecule has 31 heavy (non-hydrogen) atoms. The lowest BCUT2D eigenvalue weighted by molar-refractivity contribution is -0.116. The number of alkyl halides is 2. The van der Waals surface area contributed by atoms with Gasteiger partial charge in [-0.15, -0.1) is 0 Å². The summed E-state index contributed by atoms with van der Waals surface area (Å²) in [5.74, 6) is -0.345. The molecule has 0 aliphatic carbocycles. The molecule has 0 radical (unpaired) electrons. The van der Waals surface area contributed by atoms with Crippen molar-refractivity contribution in [2.75, 3.05) is 10.6 Å². The molecule has 2 N–H and O–H groups in total. The van der Waals surface area contributed by atoms with Gasteiger partial charge >= 0.3 is 6.61 Å². The molecule has 0 aliphatic heterocycles. The Morgan fingerprint density at radius 2 is 1.55 bits per heavy atom. The average molecular weight is 424 g/mol. The Bertz CT molecular complexity index is 1040. The largest absolute Gasteiger partial charge is 0.435 e. The van der Waals surface area contributed by atoms with Crippen LogP contribution in [-0.2, 0) is 22.4 Å². The van der Waals surface area contributed by atoms with E-state index in [2.05, 4.69) is 15.4 Å². The smallest absolute Gasteiger partial charge is 0.387 e. The minimum Gasteiger partial charge on any atom is -0.435 e. The van der Waals surface area contributed by atoms with Crippen LogP contribution in [0.2, 0.25) is 0 Å². The quantitative estimate of drug-likeness (QED) is 0.534. The van der Waals surface area contributed by atoms with Crippen molar-refractivity contribution in [3.8, 4) is 5.75 Å². The predicted molar refractivity (Wildman–Crippen MR) is 115 cm³/mol. The predicted octanol–water partition coefficient (Wildman–Crippen LogP) is 5.02. The van der Waals surface area contributed by atoms with Crippen LogP contribution in [0.25, 0.3) is 0 Å². The number of benzene rings is 3. The fourth-order valence-corrected chi connectivity index (χ4v) is 3.12. The molecule has 0 aromatic heterocycles. The lowest BCUT2D eigenvalue weighted by atomic mass is 10.0. The molecule has 0 aliphatic rings. The van der Waals surface area contributed by atoms with Gasteiger partial charge in [0, 0.05) is 30.3 Å². The minimum absolute atomic E-state index is 0.0745. The van der Waals surface area contributed by atoms with Gasteiger partial charge in [0.25, 0.3) is 0 Å². The third-order valence-corrected chi connectivity index (χ3v) is 4.44. The van der Waals surface area contributed by atoms with Crippen LogP contribution in [0, 0.1) is 0 Å². The molecule has 3 aromatic carbocycles. The van der Waals surface area contributed by atoms with E-state index in [0.29, 0.717) is 23.4 Å². The van der Waals surface area contributed by atoms with E-state index >= 15 is 0 Å². The summed E-state index contributed by atoms with van der Waals surface area (Å²) in [5.41, 5.74) is 3.39. The standard InChI is InChI=1S/C24H22F2N2O3/c1-16(29)27-20-9-7-18(8-10-20)14-23(30)28-21-11-12-22(31-24(25)26)19(15-21)13-17-5-3-2-4-6-17/h2-12,15,24H,13-14H2,1H3,(H,27,29)(H,28,30). The van der Waals surface area contributed by atoms with Crippen molar-refractivity contribution in [1.82, 2.24) is 0 Å². The van der Waals surface area contributed by atoms with E-state index in [0.717, 1.165) is 11.1 Å². The third kappa shape index (κ3) is 6.92. The van der Waals surface area contributed by atoms with Gasteiger partial charge in [0.2, 0.25) is 11.8 Å². The summed E-state index contributed by atoms with van der Waals surface area (Å²) in [7, 11) is 0. The molecule has 3 aromatic rings. The van der Waals surface area contributed by atoms with Gasteiger partial charge in [-0.05, 0) is 41.5 Å². The van der Waals surface area contributed by atoms with Crippen LogP contribution in [0.4, 0.5) is 20.2 Å². The molecule has 0 spiro atoms. The van der Waals surface area contributed by atoms with E-state index in [4.69, 9.17) is 0 Å². The van der Waals surface area contributed by atoms with Gasteiger partial charge in [-0.1, -0.05) is 42.5 Å². The Morgan fingerprint density at radius 1 is 0.871 bits per heavy atom. The van der Waals surface area contributed by atoms with Gasteiger partial charge in [0.05, 0.1) is 6.42 Å². The van der Waals surface area contributed by atoms with Crippen molar-refractivity contribution in [1.29, 1.82) is 0 Å². The first-order valence-corrected chi connectivity index (χ1v) is 9.67. The number of ether oxygens (including phenoxy) is 1. The molecule has 0 heterocycles. The van der Waals surface area contributed by atoms with Crippen molar-refractivity contribution in [2.24, 2.45) is 0 Å². The van der Waals surface area contributed by atoms with Crippen LogP contribution in [0.15, 0.2) is 72.8 Å². The highest BCUT2D eigenvalue weighted by Crippen LogP contribution is 2.27. The Hall–Kier alpha value is -3.74. The molecular formula is C24H22F2N2O3. The highest BCUT2D eigenvalue weighted by Gasteiger charge is 2.13. The SMILES string of the molecule is CC(=O)Nc1ccc(CC(=O)Nc2ccc(OC(F)F)c(Cc3ccccc3)c2)cc1. The maximum absolute atomic E-state index is 12.8. The van der Waals surface area contributed by atoms with Crippen LogP contribution in [0.1, 0.15) is 23.6 Å². The highest BCUT2D eigenvalue weighted by molar-refractivity contribution is 5.93. The van der Waals surface area contributed by atoms with Gasteiger partial charge in [-0.25, -0.2) is 0 Å². The van der Waals surface area contributed by atoms with E-state index in [1.165, 1.54) is 19.1 Å². The summed E-state index contributed by atoms with van der Waals surface area (Å²) in [6.45, 7) is -1.51. The number of rotatable bonds is 8. The Kier molecular flexibility index (Phi) is 7.32. The van der Waals surface area contributed by atoms with Gasteiger partial charge in [-0.3, -0.25) is 9.59 Å². The number of anilines is 2. The second-order valence-corrected chi connectivity index (χ2v) is 6.97. The van der Waals surface area contributed by atoms with E-state index < -0.39 is 6.61 Å². The molecule has 0 saturated heterocycles. The Labute approximate surface area is 179 Å². The van der Waals surface area contributed by atoms with Crippen molar-refractivity contribution in [3.05, 3.63) is 89.5 Å². The van der Waals surface area contributed by atoms with Crippen LogP contribution in [0.5, 0.6) is 5.75 Å². The molecule has 5 nitrogen and oxygen atoms in total. The van der Waals surface area contributed by atoms with Gasteiger partial charge in [-0.2, -0.15) is 8.78 Å². The van der Waals surface area contributed by atoms with Crippen LogP contribution in [0.3, 0.4) is 0 Å². The van der Waals surface area contributed by atoms with Crippen molar-refractivity contribution < 1.29 is 23.1 Å². The molecule has 3 rings (SSSR count). The van der Waals surface area contributed by atoms with Gasteiger partial charge < -0.3 is 15.4 Å². The normalized spacial score (nSPS) is 10.6. The number of hydrogen-bond acceptors (Lipinski definition) is 3. The number of carbonyl (C=O) groups excluding carboxylic acids is 2. The molecule has 160 valence electrons. The zero-order chi connectivity index (χ0) is 22.2. The second kappa shape index (κ2) is 10.3. The van der Waals surface area contributed by atoms with Crippen LogP contribution in [-0.4, -0.2) is 18.4 Å². The summed E-state index contributed by atoms with van der Waals surface area (Å²) in [5, 5.41) is 5.46. The van der Waals surface area contributed by atoms with Crippen molar-refractivity contribution in [2.45, 2.75) is 26.4 Å². The monoisotopic (exact) mass is 424 g/mol. The summed E-state index contributed by atoms with van der Waals surface area (Å²) in [6, 6.07) is 20.9. The summed E-state index contributed by atoms with van der Waals surface area (Å²) in [4.78, 5) is 23.5. The summed E-state index contributed by atoms with van der Waals surface area (Å²) >= 11 is 0.